The summed E-state index contributed by atoms with van der Waals surface area (Å²) in [5.41, 5.74) is 3.55. The first-order valence-electron chi connectivity index (χ1n) is 8.91. The normalized spacial score (nSPS) is 12.4. The van der Waals surface area contributed by atoms with E-state index in [1.54, 1.807) is 36.5 Å². The summed E-state index contributed by atoms with van der Waals surface area (Å²) in [6.45, 7) is 2.02. The molecular formula is C22H19N3O2. The average Bonchev–Trinajstić information content (AvgIpc) is 2.72. The Bertz CT molecular complexity index is 999. The number of rotatable bonds is 6. The Balaban J connectivity index is 1.46. The van der Waals surface area contributed by atoms with Crippen LogP contribution in [-0.2, 0) is 6.54 Å². The Morgan fingerprint density at radius 3 is 2.26 bits per heavy atom. The fourth-order valence-electron chi connectivity index (χ4n) is 3.30. The predicted molar refractivity (Wildman–Crippen MR) is 104 cm³/mol. The van der Waals surface area contributed by atoms with Crippen LogP contribution in [0.25, 0.3) is 0 Å². The molecule has 2 N–H and O–H groups in total. The van der Waals surface area contributed by atoms with Gasteiger partial charge in [0.1, 0.15) is 0 Å². The largest absolute Gasteiger partial charge is 0.383 e. The number of fused-ring (bicyclic) bond motifs is 2. The standard InChI is InChI=1S/C22H19N3O2/c26-21-16-7-1-2-8-17(16)22(27)20-18(21)9-5-10-19(20)25-13-12-23-14-15-6-3-4-11-24-15/h1-11,23,25H,12-14H2. The molecule has 1 heterocycles. The zero-order chi connectivity index (χ0) is 18.6. The van der Waals surface area contributed by atoms with Gasteiger partial charge in [0.05, 0.1) is 11.3 Å². The zero-order valence-electron chi connectivity index (χ0n) is 14.7. The molecule has 0 fully saturated rings. The minimum Gasteiger partial charge on any atom is -0.383 e. The van der Waals surface area contributed by atoms with Crippen LogP contribution >= 0.6 is 0 Å². The maximum Gasteiger partial charge on any atom is 0.196 e. The average molecular weight is 357 g/mol. The van der Waals surface area contributed by atoms with E-state index >= 15 is 0 Å². The van der Waals surface area contributed by atoms with Crippen LogP contribution in [0.5, 0.6) is 0 Å². The molecule has 2 aromatic carbocycles. The van der Waals surface area contributed by atoms with E-state index in [9.17, 15) is 9.59 Å². The Morgan fingerprint density at radius 1 is 0.741 bits per heavy atom. The topological polar surface area (TPSA) is 71.1 Å². The molecule has 0 atom stereocenters. The van der Waals surface area contributed by atoms with Crippen LogP contribution in [0.3, 0.4) is 0 Å². The highest BCUT2D eigenvalue weighted by atomic mass is 16.1. The van der Waals surface area contributed by atoms with Crippen molar-refractivity contribution in [3.63, 3.8) is 0 Å². The number of anilines is 1. The van der Waals surface area contributed by atoms with E-state index in [1.165, 1.54) is 0 Å². The molecular weight excluding hydrogens is 338 g/mol. The Morgan fingerprint density at radius 2 is 1.48 bits per heavy atom. The van der Waals surface area contributed by atoms with Gasteiger partial charge in [-0.3, -0.25) is 14.6 Å². The van der Waals surface area contributed by atoms with Crippen molar-refractivity contribution in [2.24, 2.45) is 0 Å². The lowest BCUT2D eigenvalue weighted by Crippen LogP contribution is -2.25. The third kappa shape index (κ3) is 3.37. The van der Waals surface area contributed by atoms with Gasteiger partial charge in [0.2, 0.25) is 0 Å². The van der Waals surface area contributed by atoms with E-state index in [2.05, 4.69) is 15.6 Å². The van der Waals surface area contributed by atoms with E-state index < -0.39 is 0 Å². The van der Waals surface area contributed by atoms with Crippen LogP contribution in [0, 0.1) is 0 Å². The van der Waals surface area contributed by atoms with Gasteiger partial charge in [-0.25, -0.2) is 0 Å². The summed E-state index contributed by atoms with van der Waals surface area (Å²) in [6.07, 6.45) is 1.77. The van der Waals surface area contributed by atoms with E-state index in [-0.39, 0.29) is 11.6 Å². The van der Waals surface area contributed by atoms with Gasteiger partial charge >= 0.3 is 0 Å². The van der Waals surface area contributed by atoms with Gasteiger partial charge in [0, 0.05) is 48.2 Å². The van der Waals surface area contributed by atoms with E-state index in [1.807, 2.05) is 30.3 Å². The molecule has 0 amide bonds. The first-order chi connectivity index (χ1) is 13.3. The Hall–Kier alpha value is -3.31. The minimum atomic E-state index is -0.107. The fourth-order valence-corrected chi connectivity index (χ4v) is 3.30. The van der Waals surface area contributed by atoms with E-state index in [0.29, 0.717) is 47.6 Å². The SMILES string of the molecule is O=C1c2ccccc2C(=O)c2c(NCCNCc3ccccn3)cccc21. The number of nitrogens with zero attached hydrogens (tertiary/aromatic N) is 1. The quantitative estimate of drug-likeness (QED) is 0.519. The summed E-state index contributed by atoms with van der Waals surface area (Å²) in [6, 6.07) is 18.2. The van der Waals surface area contributed by atoms with Crippen LogP contribution < -0.4 is 10.6 Å². The van der Waals surface area contributed by atoms with Crippen molar-refractivity contribution < 1.29 is 9.59 Å². The summed E-state index contributed by atoms with van der Waals surface area (Å²) in [5, 5.41) is 6.60. The lowest BCUT2D eigenvalue weighted by atomic mass is 9.83. The van der Waals surface area contributed by atoms with Crippen molar-refractivity contribution >= 4 is 17.3 Å². The number of nitrogens with one attached hydrogen (secondary N) is 2. The fraction of sp³-hybridized carbons (Fsp3) is 0.136. The van der Waals surface area contributed by atoms with Gasteiger partial charge in [-0.1, -0.05) is 42.5 Å². The van der Waals surface area contributed by atoms with Crippen molar-refractivity contribution in [2.45, 2.75) is 6.54 Å². The second-order valence-corrected chi connectivity index (χ2v) is 6.36. The number of carbonyl (C=O) groups excluding carboxylic acids is 2. The van der Waals surface area contributed by atoms with Crippen molar-refractivity contribution in [3.05, 3.63) is 94.8 Å². The number of benzene rings is 2. The van der Waals surface area contributed by atoms with Crippen molar-refractivity contribution in [1.82, 2.24) is 10.3 Å². The lowest BCUT2D eigenvalue weighted by molar-refractivity contribution is 0.0979. The molecule has 0 radical (unpaired) electrons. The molecule has 0 bridgehead atoms. The highest BCUT2D eigenvalue weighted by Gasteiger charge is 2.31. The Labute approximate surface area is 157 Å². The highest BCUT2D eigenvalue weighted by molar-refractivity contribution is 6.30. The van der Waals surface area contributed by atoms with Crippen LogP contribution in [0.2, 0.25) is 0 Å². The number of hydrogen-bond acceptors (Lipinski definition) is 5. The molecule has 0 spiro atoms. The van der Waals surface area contributed by atoms with Gasteiger partial charge < -0.3 is 10.6 Å². The summed E-state index contributed by atoms with van der Waals surface area (Å²) in [5.74, 6) is -0.207. The minimum absolute atomic E-state index is 0.0999. The summed E-state index contributed by atoms with van der Waals surface area (Å²) < 4.78 is 0. The van der Waals surface area contributed by atoms with Gasteiger partial charge in [0.15, 0.2) is 11.6 Å². The lowest BCUT2D eigenvalue weighted by Gasteiger charge is -2.20. The number of carbonyl (C=O) groups is 2. The molecule has 4 rings (SSSR count). The number of ketones is 2. The number of hydrogen-bond donors (Lipinski definition) is 2. The van der Waals surface area contributed by atoms with Gasteiger partial charge in [-0.05, 0) is 18.2 Å². The maximum absolute atomic E-state index is 12.9. The maximum atomic E-state index is 12.9. The Kier molecular flexibility index (Phi) is 4.77. The molecule has 1 aliphatic carbocycles. The molecule has 0 saturated heterocycles. The zero-order valence-corrected chi connectivity index (χ0v) is 14.7. The summed E-state index contributed by atoms with van der Waals surface area (Å²) in [7, 11) is 0. The van der Waals surface area contributed by atoms with Crippen molar-refractivity contribution in [3.8, 4) is 0 Å². The summed E-state index contributed by atoms with van der Waals surface area (Å²) >= 11 is 0. The van der Waals surface area contributed by atoms with E-state index in [0.717, 1.165) is 5.69 Å². The third-order valence-electron chi connectivity index (χ3n) is 4.60. The van der Waals surface area contributed by atoms with Crippen molar-refractivity contribution in [2.75, 3.05) is 18.4 Å². The second-order valence-electron chi connectivity index (χ2n) is 6.36. The van der Waals surface area contributed by atoms with Gasteiger partial charge in [0.25, 0.3) is 0 Å². The van der Waals surface area contributed by atoms with Crippen LogP contribution in [0.4, 0.5) is 5.69 Å². The molecule has 5 heteroatoms. The van der Waals surface area contributed by atoms with Crippen LogP contribution in [0.1, 0.15) is 37.5 Å². The molecule has 1 aromatic heterocycles. The van der Waals surface area contributed by atoms with Gasteiger partial charge in [-0.15, -0.1) is 0 Å². The molecule has 3 aromatic rings. The highest BCUT2D eigenvalue weighted by Crippen LogP contribution is 2.31. The second kappa shape index (κ2) is 7.51. The molecule has 0 saturated carbocycles. The van der Waals surface area contributed by atoms with Crippen molar-refractivity contribution in [1.29, 1.82) is 0 Å². The molecule has 5 nitrogen and oxygen atoms in total. The van der Waals surface area contributed by atoms with Crippen LogP contribution in [0.15, 0.2) is 66.9 Å². The smallest absolute Gasteiger partial charge is 0.196 e. The van der Waals surface area contributed by atoms with Gasteiger partial charge in [-0.2, -0.15) is 0 Å². The molecule has 0 aliphatic heterocycles. The van der Waals surface area contributed by atoms with Crippen LogP contribution in [-0.4, -0.2) is 29.6 Å². The monoisotopic (exact) mass is 357 g/mol. The third-order valence-corrected chi connectivity index (χ3v) is 4.60. The molecule has 1 aliphatic rings. The number of pyridine rings is 1. The van der Waals surface area contributed by atoms with E-state index in [4.69, 9.17) is 0 Å². The molecule has 134 valence electrons. The first kappa shape index (κ1) is 17.1. The molecule has 27 heavy (non-hydrogen) atoms. The molecule has 0 unspecified atom stereocenters. The first-order valence-corrected chi connectivity index (χ1v) is 8.91. The summed E-state index contributed by atoms with van der Waals surface area (Å²) in [4.78, 5) is 29.9. The predicted octanol–water partition coefficient (Wildman–Crippen LogP) is 3.06. The number of aromatic nitrogens is 1.